The van der Waals surface area contributed by atoms with Gasteiger partial charge in [0.25, 0.3) is 0 Å². The summed E-state index contributed by atoms with van der Waals surface area (Å²) in [5.74, 6) is 0.945. The van der Waals surface area contributed by atoms with Crippen molar-refractivity contribution in [1.82, 2.24) is 0 Å². The van der Waals surface area contributed by atoms with Crippen LogP contribution in [0.2, 0.25) is 0 Å². The molecule has 1 saturated heterocycles. The molecule has 2 aliphatic rings. The molecule has 3 atom stereocenters. The van der Waals surface area contributed by atoms with Crippen molar-refractivity contribution >= 4 is 0 Å². The molecule has 2 nitrogen and oxygen atoms in total. The molecule has 0 spiro atoms. The number of nitrogens with zero attached hydrogens (tertiary/aromatic N) is 2. The monoisotopic (exact) mass is 268 g/mol. The van der Waals surface area contributed by atoms with Crippen LogP contribution in [-0.2, 0) is 0 Å². The predicted molar refractivity (Wildman–Crippen MR) is 82.9 cm³/mol. The minimum Gasteiger partial charge on any atom is -0.331 e. The van der Waals surface area contributed by atoms with E-state index in [-0.39, 0.29) is 0 Å². The molecule has 0 N–H and O–H groups in total. The summed E-state index contributed by atoms with van der Waals surface area (Å²) in [5.41, 5.74) is 1.13. The molecule has 1 heterocycles. The predicted octanol–water partition coefficient (Wildman–Crippen LogP) is 2.99. The van der Waals surface area contributed by atoms with Crippen LogP contribution in [0, 0.1) is 16.7 Å². The maximum atomic E-state index is 2.56. The molecule has 0 amide bonds. The van der Waals surface area contributed by atoms with E-state index in [2.05, 4.69) is 49.0 Å². The van der Waals surface area contributed by atoms with Crippen LogP contribution in [0.25, 0.3) is 0 Å². The second-order valence-corrected chi connectivity index (χ2v) is 9.57. The van der Waals surface area contributed by atoms with Gasteiger partial charge in [-0.1, -0.05) is 20.8 Å². The highest BCUT2D eigenvalue weighted by molar-refractivity contribution is 5.02. The van der Waals surface area contributed by atoms with Gasteiger partial charge in [0, 0.05) is 17.8 Å². The Bertz CT molecular complexity index is 342. The molecule has 2 heteroatoms. The van der Waals surface area contributed by atoms with Gasteiger partial charge < -0.3 is 8.97 Å². The lowest BCUT2D eigenvalue weighted by molar-refractivity contribution is -0.931. The molecule has 0 radical (unpaired) electrons. The zero-order valence-electron chi connectivity index (χ0n) is 14.4. The third-order valence-corrected chi connectivity index (χ3v) is 6.54. The highest BCUT2D eigenvalue weighted by Crippen LogP contribution is 2.60. The minimum atomic E-state index is 0.560. The van der Waals surface area contributed by atoms with Crippen LogP contribution < -0.4 is 0 Å². The molecular formula is C17H36N2+2. The van der Waals surface area contributed by atoms with Crippen molar-refractivity contribution in [3.05, 3.63) is 0 Å². The Morgan fingerprint density at radius 2 is 1.79 bits per heavy atom. The van der Waals surface area contributed by atoms with Crippen molar-refractivity contribution < 1.29 is 8.97 Å². The number of piperidine rings is 1. The second kappa shape index (κ2) is 4.46. The molecule has 0 aromatic heterocycles. The van der Waals surface area contributed by atoms with Crippen LogP contribution in [0.1, 0.15) is 40.0 Å². The van der Waals surface area contributed by atoms with Crippen LogP contribution in [0.15, 0.2) is 0 Å². The van der Waals surface area contributed by atoms with E-state index in [9.17, 15) is 0 Å². The Morgan fingerprint density at radius 3 is 2.32 bits per heavy atom. The standard InChI is InChI=1S/C17H36N2/c1-16(2)15-9-10-17(16,3)14-19(7,13-15)12-8-11-18(4,5)6/h15H,8-14H2,1-7H3/q+2/t15-,17+,19+/m0/s1. The molecule has 0 aromatic rings. The quantitative estimate of drug-likeness (QED) is 0.688. The Hall–Kier alpha value is -0.0800. The SMILES string of the molecule is CC1(C)[C@H]2CC[C@]1(C)C[N@+](C)(CCC[N+](C)(C)C)C2. The number of fused-ring (bicyclic) bond motifs is 2. The van der Waals surface area contributed by atoms with E-state index >= 15 is 0 Å². The summed E-state index contributed by atoms with van der Waals surface area (Å²) >= 11 is 0. The first-order valence-corrected chi connectivity index (χ1v) is 8.12. The number of rotatable bonds is 4. The Labute approximate surface area is 121 Å². The molecular weight excluding hydrogens is 232 g/mol. The minimum absolute atomic E-state index is 0.560. The van der Waals surface area contributed by atoms with Crippen molar-refractivity contribution in [3.63, 3.8) is 0 Å². The summed E-state index contributed by atoms with van der Waals surface area (Å²) in [6, 6.07) is 0. The number of hydrogen-bond donors (Lipinski definition) is 0. The summed E-state index contributed by atoms with van der Waals surface area (Å²) < 4.78 is 2.43. The molecule has 0 aromatic carbocycles. The highest BCUT2D eigenvalue weighted by atomic mass is 15.4. The maximum Gasteiger partial charge on any atom is 0.0844 e. The molecule has 2 fully saturated rings. The largest absolute Gasteiger partial charge is 0.331 e. The summed E-state index contributed by atoms with van der Waals surface area (Å²) in [4.78, 5) is 0. The molecule has 19 heavy (non-hydrogen) atoms. The molecule has 1 aliphatic carbocycles. The molecule has 1 aliphatic heterocycles. The van der Waals surface area contributed by atoms with Gasteiger partial charge in [-0.2, -0.15) is 0 Å². The summed E-state index contributed by atoms with van der Waals surface area (Å²) in [6.45, 7) is 13.1. The molecule has 2 bridgehead atoms. The number of hydrogen-bond acceptors (Lipinski definition) is 0. The second-order valence-electron chi connectivity index (χ2n) is 9.57. The maximum absolute atomic E-state index is 2.56. The Kier molecular flexibility index (Phi) is 3.59. The van der Waals surface area contributed by atoms with E-state index in [1.807, 2.05) is 0 Å². The average molecular weight is 268 g/mol. The van der Waals surface area contributed by atoms with Crippen molar-refractivity contribution in [2.24, 2.45) is 16.7 Å². The van der Waals surface area contributed by atoms with E-state index < -0.39 is 0 Å². The summed E-state index contributed by atoms with van der Waals surface area (Å²) in [7, 11) is 9.44. The van der Waals surface area contributed by atoms with Crippen LogP contribution in [0.5, 0.6) is 0 Å². The fraction of sp³-hybridized carbons (Fsp3) is 1.00. The Balaban J connectivity index is 2.00. The van der Waals surface area contributed by atoms with Gasteiger partial charge in [0.15, 0.2) is 0 Å². The lowest BCUT2D eigenvalue weighted by Gasteiger charge is -2.54. The normalized spacial score (nSPS) is 41.5. The van der Waals surface area contributed by atoms with Gasteiger partial charge in [-0.25, -0.2) is 0 Å². The van der Waals surface area contributed by atoms with Gasteiger partial charge in [0.05, 0.1) is 54.4 Å². The van der Waals surface area contributed by atoms with Gasteiger partial charge in [-0.3, -0.25) is 0 Å². The fourth-order valence-corrected chi connectivity index (χ4v) is 4.81. The third kappa shape index (κ3) is 2.85. The van der Waals surface area contributed by atoms with Crippen LogP contribution >= 0.6 is 0 Å². The van der Waals surface area contributed by atoms with Crippen LogP contribution in [-0.4, -0.2) is 63.3 Å². The molecule has 112 valence electrons. The van der Waals surface area contributed by atoms with Gasteiger partial charge in [0.2, 0.25) is 0 Å². The molecule has 0 unspecified atom stereocenters. The zero-order valence-corrected chi connectivity index (χ0v) is 14.4. The smallest absolute Gasteiger partial charge is 0.0844 e. The molecule has 1 saturated carbocycles. The number of likely N-dealkylation sites (tertiary alicyclic amines) is 1. The van der Waals surface area contributed by atoms with E-state index in [0.29, 0.717) is 10.8 Å². The van der Waals surface area contributed by atoms with Gasteiger partial charge in [-0.05, 0) is 18.3 Å². The zero-order chi connectivity index (χ0) is 14.5. The Morgan fingerprint density at radius 1 is 1.16 bits per heavy atom. The molecule has 2 rings (SSSR count). The summed E-state index contributed by atoms with van der Waals surface area (Å²) in [5, 5.41) is 0. The van der Waals surface area contributed by atoms with Crippen molar-refractivity contribution in [3.8, 4) is 0 Å². The van der Waals surface area contributed by atoms with E-state index in [0.717, 1.165) is 10.4 Å². The lowest BCUT2D eigenvalue weighted by atomic mass is 9.62. The first kappa shape index (κ1) is 15.3. The van der Waals surface area contributed by atoms with Gasteiger partial charge in [0.1, 0.15) is 0 Å². The fourth-order valence-electron chi connectivity index (χ4n) is 4.81. The van der Waals surface area contributed by atoms with Crippen molar-refractivity contribution in [2.45, 2.75) is 40.0 Å². The van der Waals surface area contributed by atoms with E-state index in [1.165, 1.54) is 49.9 Å². The van der Waals surface area contributed by atoms with E-state index in [4.69, 9.17) is 0 Å². The summed E-state index contributed by atoms with van der Waals surface area (Å²) in [6.07, 6.45) is 4.28. The van der Waals surface area contributed by atoms with Crippen molar-refractivity contribution in [1.29, 1.82) is 0 Å². The van der Waals surface area contributed by atoms with Crippen molar-refractivity contribution in [2.75, 3.05) is 54.4 Å². The van der Waals surface area contributed by atoms with Crippen LogP contribution in [0.3, 0.4) is 0 Å². The van der Waals surface area contributed by atoms with E-state index in [1.54, 1.807) is 0 Å². The van der Waals surface area contributed by atoms with Gasteiger partial charge in [-0.15, -0.1) is 0 Å². The average Bonchev–Trinajstić information content (AvgIpc) is 2.36. The van der Waals surface area contributed by atoms with Gasteiger partial charge >= 0.3 is 0 Å². The highest BCUT2D eigenvalue weighted by Gasteiger charge is 2.60. The first-order chi connectivity index (χ1) is 8.48. The lowest BCUT2D eigenvalue weighted by Crippen LogP contribution is -2.61. The third-order valence-electron chi connectivity index (χ3n) is 6.54. The number of quaternary nitrogens is 2. The van der Waals surface area contributed by atoms with Crippen LogP contribution in [0.4, 0.5) is 0 Å². The topological polar surface area (TPSA) is 0 Å². The first-order valence-electron chi connectivity index (χ1n) is 8.12.